The Morgan fingerprint density at radius 3 is 1.79 bits per heavy atom. The summed E-state index contributed by atoms with van der Waals surface area (Å²) in [6, 6.07) is 0. The number of hydrogen-bond donors (Lipinski definition) is 3. The van der Waals surface area contributed by atoms with Crippen LogP contribution in [0, 0.1) is 47.9 Å². The van der Waals surface area contributed by atoms with Crippen LogP contribution in [0.15, 0.2) is 24.3 Å². The highest BCUT2D eigenvalue weighted by Gasteiger charge is 1.99. The Labute approximate surface area is 234 Å². The van der Waals surface area contributed by atoms with Gasteiger partial charge in [-0.2, -0.15) is 0 Å². The molecule has 3 N–H and O–H groups in total. The predicted molar refractivity (Wildman–Crippen MR) is 162 cm³/mol. The van der Waals surface area contributed by atoms with Gasteiger partial charge in [-0.05, 0) is 68.9 Å². The van der Waals surface area contributed by atoms with E-state index < -0.39 is 12.2 Å². The van der Waals surface area contributed by atoms with Crippen LogP contribution >= 0.6 is 0 Å². The van der Waals surface area contributed by atoms with E-state index >= 15 is 0 Å². The molecular weight excluding hydrogens is 468 g/mol. The molecule has 0 fully saturated rings. The largest absolute Gasteiger partial charge is 0.384 e. The zero-order valence-corrected chi connectivity index (χ0v) is 23.7. The molecule has 0 radical (unpaired) electrons. The van der Waals surface area contributed by atoms with Crippen molar-refractivity contribution in [3.05, 3.63) is 24.3 Å². The summed E-state index contributed by atoms with van der Waals surface area (Å²) in [5, 5.41) is 27.5. The molecule has 0 saturated carbocycles. The molecule has 0 spiro atoms. The first-order chi connectivity index (χ1) is 18.7. The van der Waals surface area contributed by atoms with Crippen molar-refractivity contribution in [2.75, 3.05) is 6.61 Å². The minimum absolute atomic E-state index is 0.190. The van der Waals surface area contributed by atoms with E-state index in [2.05, 4.69) is 47.5 Å². The number of aliphatic hydroxyl groups excluding tert-OH is 3. The summed E-state index contributed by atoms with van der Waals surface area (Å²) in [6.45, 7) is -0.190. The second-order valence-electron chi connectivity index (χ2n) is 9.78. The highest BCUT2D eigenvalue weighted by Crippen LogP contribution is 2.13. The molecule has 0 aliphatic rings. The number of allylic oxidation sites excluding steroid dienone is 3. The number of rotatable bonds is 22. The Balaban J connectivity index is 3.33. The van der Waals surface area contributed by atoms with Crippen molar-refractivity contribution < 1.29 is 15.3 Å². The van der Waals surface area contributed by atoms with Crippen LogP contribution < -0.4 is 0 Å². The number of aliphatic hydroxyl groups is 3. The fraction of sp³-hybridized carbons (Fsp3) is 0.657. The summed E-state index contributed by atoms with van der Waals surface area (Å²) in [5.41, 5.74) is 0. The first-order valence-corrected chi connectivity index (χ1v) is 14.9. The molecule has 0 bridgehead atoms. The first-order valence-electron chi connectivity index (χ1n) is 14.9. The van der Waals surface area contributed by atoms with Gasteiger partial charge in [0.25, 0.3) is 0 Å². The monoisotopic (exact) mass is 520 g/mol. The molecule has 0 heterocycles. The van der Waals surface area contributed by atoms with E-state index in [9.17, 15) is 10.2 Å². The van der Waals surface area contributed by atoms with E-state index in [4.69, 9.17) is 11.5 Å². The Kier molecular flexibility index (Phi) is 28.9. The molecule has 2 unspecified atom stereocenters. The third kappa shape index (κ3) is 29.8. The van der Waals surface area contributed by atoms with Gasteiger partial charge in [0, 0.05) is 6.42 Å². The van der Waals surface area contributed by atoms with Gasteiger partial charge in [0.15, 0.2) is 0 Å². The Hall–Kier alpha value is -2.40. The van der Waals surface area contributed by atoms with Crippen LogP contribution in [-0.4, -0.2) is 34.1 Å². The second kappa shape index (κ2) is 30.8. The van der Waals surface area contributed by atoms with E-state index in [1.807, 2.05) is 12.2 Å². The van der Waals surface area contributed by atoms with Gasteiger partial charge in [0.1, 0.15) is 18.8 Å². The Bertz CT molecular complexity index is 813. The van der Waals surface area contributed by atoms with Gasteiger partial charge in [-0.15, -0.1) is 6.42 Å². The molecule has 0 aromatic heterocycles. The zero-order valence-electron chi connectivity index (χ0n) is 23.7. The lowest BCUT2D eigenvalue weighted by molar-refractivity contribution is 0.217. The van der Waals surface area contributed by atoms with Crippen molar-refractivity contribution in [2.45, 2.75) is 141 Å². The smallest absolute Gasteiger partial charge is 0.133 e. The maximum absolute atomic E-state index is 9.72. The van der Waals surface area contributed by atoms with Crippen molar-refractivity contribution >= 4 is 0 Å². The molecular formula is C35H52O3. The molecule has 0 amide bonds. The minimum Gasteiger partial charge on any atom is -0.384 e. The van der Waals surface area contributed by atoms with Gasteiger partial charge >= 0.3 is 0 Å². The predicted octanol–water partition coefficient (Wildman–Crippen LogP) is 7.26. The van der Waals surface area contributed by atoms with Gasteiger partial charge in [-0.25, -0.2) is 0 Å². The number of unbranched alkanes of at least 4 members (excludes halogenated alkanes) is 17. The van der Waals surface area contributed by atoms with E-state index in [0.29, 0.717) is 6.42 Å². The van der Waals surface area contributed by atoms with Crippen molar-refractivity contribution in [1.82, 2.24) is 0 Å². The van der Waals surface area contributed by atoms with Crippen LogP contribution in [0.3, 0.4) is 0 Å². The molecule has 0 saturated heterocycles. The van der Waals surface area contributed by atoms with Crippen LogP contribution in [0.2, 0.25) is 0 Å². The maximum Gasteiger partial charge on any atom is 0.133 e. The van der Waals surface area contributed by atoms with Gasteiger partial charge in [-0.3, -0.25) is 0 Å². The number of hydrogen-bond acceptors (Lipinski definition) is 3. The standard InChI is InChI=1S/C35H52O3/c1-2-34(37)30-26-23-21-19-17-15-13-11-9-7-5-3-4-6-8-10-12-14-16-18-20-22-24-27-31-35(38)32-28-25-29-33-36/h1,3,5,26,30,34-38H,4,6,8,10-24,27,31,33H2/b5-3-,30-26+. The molecule has 38 heavy (non-hydrogen) atoms. The topological polar surface area (TPSA) is 60.7 Å². The lowest BCUT2D eigenvalue weighted by Crippen LogP contribution is -2.01. The maximum atomic E-state index is 9.72. The number of terminal acetylenes is 1. The summed E-state index contributed by atoms with van der Waals surface area (Å²) in [6.07, 6.45) is 35.5. The third-order valence-electron chi connectivity index (χ3n) is 6.28. The Morgan fingerprint density at radius 1 is 0.632 bits per heavy atom. The highest BCUT2D eigenvalue weighted by atomic mass is 16.3. The van der Waals surface area contributed by atoms with Gasteiger partial charge < -0.3 is 15.3 Å². The van der Waals surface area contributed by atoms with Gasteiger partial charge in [-0.1, -0.05) is 119 Å². The van der Waals surface area contributed by atoms with E-state index in [-0.39, 0.29) is 6.61 Å². The summed E-state index contributed by atoms with van der Waals surface area (Å²) in [7, 11) is 0. The van der Waals surface area contributed by atoms with Crippen LogP contribution in [0.1, 0.15) is 128 Å². The normalized spacial score (nSPS) is 12.2. The van der Waals surface area contributed by atoms with Crippen LogP contribution in [0.4, 0.5) is 0 Å². The zero-order chi connectivity index (χ0) is 27.8. The van der Waals surface area contributed by atoms with Crippen molar-refractivity contribution in [3.63, 3.8) is 0 Å². The highest BCUT2D eigenvalue weighted by molar-refractivity contribution is 5.27. The van der Waals surface area contributed by atoms with E-state index in [1.54, 1.807) is 6.08 Å². The van der Waals surface area contributed by atoms with Gasteiger partial charge in [0.05, 0.1) is 0 Å². The second-order valence-corrected chi connectivity index (χ2v) is 9.78. The summed E-state index contributed by atoms with van der Waals surface area (Å²) in [4.78, 5) is 0. The fourth-order valence-electron chi connectivity index (χ4n) is 4.03. The molecule has 2 atom stereocenters. The quantitative estimate of drug-likeness (QED) is 0.0800. The molecule has 3 heteroatoms. The van der Waals surface area contributed by atoms with Crippen molar-refractivity contribution in [3.8, 4) is 47.9 Å². The lowest BCUT2D eigenvalue weighted by atomic mass is 10.0. The average Bonchev–Trinajstić information content (AvgIpc) is 2.92. The summed E-state index contributed by atoms with van der Waals surface area (Å²) in [5.74, 6) is 18.9. The molecule has 3 nitrogen and oxygen atoms in total. The van der Waals surface area contributed by atoms with Crippen molar-refractivity contribution in [2.24, 2.45) is 0 Å². The molecule has 0 aliphatic heterocycles. The third-order valence-corrected chi connectivity index (χ3v) is 6.28. The molecule has 210 valence electrons. The lowest BCUT2D eigenvalue weighted by Gasteiger charge is -2.04. The minimum atomic E-state index is -0.739. The first kappa shape index (κ1) is 35.6. The van der Waals surface area contributed by atoms with E-state index in [1.165, 1.54) is 83.5 Å². The van der Waals surface area contributed by atoms with Crippen LogP contribution in [0.25, 0.3) is 0 Å². The molecule has 0 aromatic rings. The molecule has 0 aromatic carbocycles. The van der Waals surface area contributed by atoms with Crippen molar-refractivity contribution in [1.29, 1.82) is 0 Å². The summed E-state index contributed by atoms with van der Waals surface area (Å²) < 4.78 is 0. The fourth-order valence-corrected chi connectivity index (χ4v) is 4.03. The van der Waals surface area contributed by atoms with Crippen LogP contribution in [0.5, 0.6) is 0 Å². The van der Waals surface area contributed by atoms with Gasteiger partial charge in [0.2, 0.25) is 0 Å². The van der Waals surface area contributed by atoms with Crippen LogP contribution in [-0.2, 0) is 0 Å². The molecule has 0 aliphatic carbocycles. The van der Waals surface area contributed by atoms with E-state index in [0.717, 1.165) is 38.5 Å². The average molecular weight is 521 g/mol. The Morgan fingerprint density at radius 2 is 1.18 bits per heavy atom. The summed E-state index contributed by atoms with van der Waals surface area (Å²) >= 11 is 0. The SMILES string of the molecule is C#CC(O)/C=C/CCCCCCCC#C/C=C\CCCCCCCCCCCCCC(O)C#CC#CCO. The molecule has 0 rings (SSSR count).